The fourth-order valence-electron chi connectivity index (χ4n) is 3.70. The van der Waals surface area contributed by atoms with Crippen LogP contribution in [0.1, 0.15) is 61.5 Å². The van der Waals surface area contributed by atoms with Crippen LogP contribution in [-0.2, 0) is 14.3 Å². The normalized spacial score (nSPS) is 23.4. The molecule has 138 valence electrons. The molecule has 1 aliphatic rings. The molecule has 3 atom stereocenters. The number of hydrogen-bond donors (Lipinski definition) is 0. The maximum Gasteiger partial charge on any atom is 0.344 e. The fourth-order valence-corrected chi connectivity index (χ4v) is 3.70. The second-order valence-corrected chi connectivity index (χ2v) is 7.75. The van der Waals surface area contributed by atoms with E-state index in [2.05, 4.69) is 20.8 Å². The maximum atomic E-state index is 12.2. The summed E-state index contributed by atoms with van der Waals surface area (Å²) < 4.78 is 10.8. The molecule has 1 aromatic rings. The summed E-state index contributed by atoms with van der Waals surface area (Å²) in [7, 11) is 0. The lowest BCUT2D eigenvalue weighted by Crippen LogP contribution is -2.36. The fraction of sp³-hybridized carbons (Fsp3) is 0.619. The molecular weight excluding hydrogens is 316 g/mol. The molecule has 0 aliphatic heterocycles. The van der Waals surface area contributed by atoms with Gasteiger partial charge in [-0.25, -0.2) is 9.59 Å². The summed E-state index contributed by atoms with van der Waals surface area (Å²) in [5, 5.41) is 0. The van der Waals surface area contributed by atoms with Gasteiger partial charge in [0.2, 0.25) is 0 Å². The van der Waals surface area contributed by atoms with Crippen molar-refractivity contribution in [3.05, 3.63) is 34.9 Å². The van der Waals surface area contributed by atoms with E-state index in [-0.39, 0.29) is 12.7 Å². The first kappa shape index (κ1) is 19.5. The van der Waals surface area contributed by atoms with Gasteiger partial charge in [-0.2, -0.15) is 0 Å². The second kappa shape index (κ2) is 8.50. The van der Waals surface area contributed by atoms with Gasteiger partial charge < -0.3 is 9.47 Å². The van der Waals surface area contributed by atoms with Crippen LogP contribution in [0.15, 0.2) is 18.2 Å². The molecule has 0 unspecified atom stereocenters. The molecule has 0 heterocycles. The Morgan fingerprint density at radius 3 is 2.56 bits per heavy atom. The summed E-state index contributed by atoms with van der Waals surface area (Å²) in [5.74, 6) is 0.485. The molecule has 1 saturated carbocycles. The highest BCUT2D eigenvalue weighted by Gasteiger charge is 2.33. The third kappa shape index (κ3) is 5.32. The van der Waals surface area contributed by atoms with Crippen molar-refractivity contribution in [2.75, 3.05) is 6.61 Å². The lowest BCUT2D eigenvalue weighted by Gasteiger charge is -2.36. The van der Waals surface area contributed by atoms with Crippen LogP contribution in [0.25, 0.3) is 0 Å². The smallest absolute Gasteiger partial charge is 0.344 e. The minimum absolute atomic E-state index is 0.0731. The minimum atomic E-state index is -0.480. The average molecular weight is 346 g/mol. The monoisotopic (exact) mass is 346 g/mol. The molecule has 0 bridgehead atoms. The molecule has 0 spiro atoms. The highest BCUT2D eigenvalue weighted by atomic mass is 16.6. The lowest BCUT2D eigenvalue weighted by molar-refractivity contribution is -0.159. The molecule has 4 nitrogen and oxygen atoms in total. The standard InChI is InChI=1S/C21H30O4/c1-13(2)17-8-6-15(4)11-19(17)25-20(22)12-24-21(23)18-9-7-14(3)10-16(18)5/h7,9-10,13,15,17,19H,6,8,11-12H2,1-5H3/t15-,17+,19+/m1/s1. The molecule has 1 fully saturated rings. The topological polar surface area (TPSA) is 52.6 Å². The highest BCUT2D eigenvalue weighted by Crippen LogP contribution is 2.35. The zero-order valence-corrected chi connectivity index (χ0v) is 16.0. The van der Waals surface area contributed by atoms with E-state index < -0.39 is 11.9 Å². The predicted molar refractivity (Wildman–Crippen MR) is 97.4 cm³/mol. The first-order valence-corrected chi connectivity index (χ1v) is 9.21. The molecule has 2 rings (SSSR count). The molecule has 0 aromatic heterocycles. The van der Waals surface area contributed by atoms with Crippen molar-refractivity contribution in [3.8, 4) is 0 Å². The van der Waals surface area contributed by atoms with E-state index in [1.165, 1.54) is 6.42 Å². The van der Waals surface area contributed by atoms with Gasteiger partial charge in [-0.1, -0.05) is 44.9 Å². The Morgan fingerprint density at radius 1 is 1.20 bits per heavy atom. The van der Waals surface area contributed by atoms with Gasteiger partial charge in [0.25, 0.3) is 0 Å². The first-order chi connectivity index (χ1) is 11.8. The molecule has 0 N–H and O–H groups in total. The van der Waals surface area contributed by atoms with Gasteiger partial charge >= 0.3 is 11.9 Å². The third-order valence-electron chi connectivity index (χ3n) is 5.17. The average Bonchev–Trinajstić information content (AvgIpc) is 2.52. The van der Waals surface area contributed by atoms with Crippen LogP contribution in [0.5, 0.6) is 0 Å². The van der Waals surface area contributed by atoms with Crippen LogP contribution in [0.2, 0.25) is 0 Å². The van der Waals surface area contributed by atoms with Crippen molar-refractivity contribution >= 4 is 11.9 Å². The number of hydrogen-bond acceptors (Lipinski definition) is 4. The van der Waals surface area contributed by atoms with Gasteiger partial charge in [0.1, 0.15) is 6.10 Å². The van der Waals surface area contributed by atoms with Gasteiger partial charge in [0.05, 0.1) is 5.56 Å². The Labute approximate surface area is 150 Å². The lowest BCUT2D eigenvalue weighted by atomic mass is 9.75. The van der Waals surface area contributed by atoms with Crippen molar-refractivity contribution in [2.24, 2.45) is 17.8 Å². The minimum Gasteiger partial charge on any atom is -0.460 e. The molecule has 4 heteroatoms. The van der Waals surface area contributed by atoms with Crippen molar-refractivity contribution in [1.29, 1.82) is 0 Å². The number of benzene rings is 1. The summed E-state index contributed by atoms with van der Waals surface area (Å²) in [6, 6.07) is 5.51. The Hall–Kier alpha value is -1.84. The van der Waals surface area contributed by atoms with Crippen molar-refractivity contribution < 1.29 is 19.1 Å². The van der Waals surface area contributed by atoms with E-state index in [1.54, 1.807) is 6.07 Å². The van der Waals surface area contributed by atoms with E-state index in [0.717, 1.165) is 24.0 Å². The van der Waals surface area contributed by atoms with Crippen LogP contribution in [0.4, 0.5) is 0 Å². The molecule has 0 amide bonds. The van der Waals surface area contributed by atoms with Gasteiger partial charge in [-0.15, -0.1) is 0 Å². The van der Waals surface area contributed by atoms with Crippen molar-refractivity contribution in [2.45, 2.75) is 60.0 Å². The molecule has 25 heavy (non-hydrogen) atoms. The van der Waals surface area contributed by atoms with Crippen LogP contribution < -0.4 is 0 Å². The summed E-state index contributed by atoms with van der Waals surface area (Å²) in [6.45, 7) is 10.0. The summed E-state index contributed by atoms with van der Waals surface area (Å²) in [4.78, 5) is 24.3. The van der Waals surface area contributed by atoms with Crippen LogP contribution in [0, 0.1) is 31.6 Å². The zero-order valence-electron chi connectivity index (χ0n) is 16.0. The number of esters is 2. The van der Waals surface area contributed by atoms with Gasteiger partial charge in [0, 0.05) is 0 Å². The van der Waals surface area contributed by atoms with Gasteiger partial charge in [-0.05, 0) is 56.1 Å². The Balaban J connectivity index is 1.90. The molecule has 1 aromatic carbocycles. The van der Waals surface area contributed by atoms with Crippen LogP contribution >= 0.6 is 0 Å². The van der Waals surface area contributed by atoms with Crippen molar-refractivity contribution in [3.63, 3.8) is 0 Å². The van der Waals surface area contributed by atoms with Gasteiger partial charge in [-0.3, -0.25) is 0 Å². The van der Waals surface area contributed by atoms with Crippen LogP contribution in [0.3, 0.4) is 0 Å². The van der Waals surface area contributed by atoms with Crippen molar-refractivity contribution in [1.82, 2.24) is 0 Å². The quantitative estimate of drug-likeness (QED) is 0.739. The number of rotatable bonds is 5. The predicted octanol–water partition coefficient (Wildman–Crippen LogP) is 4.46. The number of carbonyl (C=O) groups is 2. The second-order valence-electron chi connectivity index (χ2n) is 7.75. The Bertz CT molecular complexity index is 620. The molecule has 0 radical (unpaired) electrons. The SMILES string of the molecule is Cc1ccc(C(=O)OCC(=O)O[C@H]2C[C@H](C)CC[C@H]2C(C)C)c(C)c1. The number of aryl methyl sites for hydroxylation is 2. The largest absolute Gasteiger partial charge is 0.460 e. The van der Waals surface area contributed by atoms with E-state index in [0.29, 0.717) is 23.3 Å². The maximum absolute atomic E-state index is 12.2. The zero-order chi connectivity index (χ0) is 18.6. The molecule has 1 aliphatic carbocycles. The first-order valence-electron chi connectivity index (χ1n) is 9.21. The van der Waals surface area contributed by atoms with E-state index >= 15 is 0 Å². The Kier molecular flexibility index (Phi) is 6.63. The summed E-state index contributed by atoms with van der Waals surface area (Å²) >= 11 is 0. The van der Waals surface area contributed by atoms with E-state index in [1.807, 2.05) is 26.0 Å². The number of ether oxygens (including phenoxy) is 2. The molecular formula is C21H30O4. The summed E-state index contributed by atoms with van der Waals surface area (Å²) in [6.07, 6.45) is 3.08. The highest BCUT2D eigenvalue weighted by molar-refractivity contribution is 5.92. The van der Waals surface area contributed by atoms with Gasteiger partial charge in [0.15, 0.2) is 6.61 Å². The van der Waals surface area contributed by atoms with E-state index in [9.17, 15) is 9.59 Å². The van der Waals surface area contributed by atoms with Crippen LogP contribution in [-0.4, -0.2) is 24.6 Å². The summed E-state index contributed by atoms with van der Waals surface area (Å²) in [5.41, 5.74) is 2.42. The van der Waals surface area contributed by atoms with E-state index in [4.69, 9.17) is 9.47 Å². The molecule has 0 saturated heterocycles. The Morgan fingerprint density at radius 2 is 1.92 bits per heavy atom. The third-order valence-corrected chi connectivity index (χ3v) is 5.17. The number of carbonyl (C=O) groups excluding carboxylic acids is 2.